The molecule has 0 bridgehead atoms. The Morgan fingerprint density at radius 1 is 1.12 bits per heavy atom. The zero-order valence-electron chi connectivity index (χ0n) is 10.6. The third-order valence-electron chi connectivity index (χ3n) is 3.69. The van der Waals surface area contributed by atoms with Crippen LogP contribution in [0.5, 0.6) is 0 Å². The molecule has 0 spiro atoms. The van der Waals surface area contributed by atoms with E-state index >= 15 is 0 Å². The number of rotatable bonds is 4. The van der Waals surface area contributed by atoms with E-state index in [9.17, 15) is 4.39 Å². The van der Waals surface area contributed by atoms with Crippen molar-refractivity contribution in [2.45, 2.75) is 19.0 Å². The number of hydrogen-bond donors (Lipinski definition) is 2. The van der Waals surface area contributed by atoms with Crippen molar-refractivity contribution in [1.29, 1.82) is 0 Å². The molecule has 1 atom stereocenters. The van der Waals surface area contributed by atoms with Gasteiger partial charge in [0.05, 0.1) is 12.8 Å². The van der Waals surface area contributed by atoms with Gasteiger partial charge in [0.25, 0.3) is 0 Å². The molecule has 2 fully saturated rings. The third kappa shape index (κ3) is 4.17. The van der Waals surface area contributed by atoms with Crippen molar-refractivity contribution >= 4 is 0 Å². The van der Waals surface area contributed by atoms with Gasteiger partial charge in [0.2, 0.25) is 0 Å². The lowest BCUT2D eigenvalue weighted by atomic mass is 10.3. The molecule has 5 heteroatoms. The predicted octanol–water partition coefficient (Wildman–Crippen LogP) is -0.127. The molecule has 17 heavy (non-hydrogen) atoms. The summed E-state index contributed by atoms with van der Waals surface area (Å²) >= 11 is 0. The van der Waals surface area contributed by atoms with Gasteiger partial charge in [0.15, 0.2) is 0 Å². The van der Waals surface area contributed by atoms with Crippen molar-refractivity contribution in [3.05, 3.63) is 0 Å². The quantitative estimate of drug-likeness (QED) is 0.721. The van der Waals surface area contributed by atoms with E-state index < -0.39 is 0 Å². The molecule has 2 heterocycles. The standard InChI is InChI=1S/C12H25FN4/c13-3-1-6-16-7-2-8-17(10-9-16)12-11-14-4-5-15-12/h12,14-15H,1-11H2. The lowest BCUT2D eigenvalue weighted by Gasteiger charge is -2.34. The van der Waals surface area contributed by atoms with E-state index in [1.165, 1.54) is 6.42 Å². The Morgan fingerprint density at radius 3 is 2.82 bits per heavy atom. The fraction of sp³-hybridized carbons (Fsp3) is 1.00. The highest BCUT2D eigenvalue weighted by Crippen LogP contribution is 2.07. The fourth-order valence-electron chi connectivity index (χ4n) is 2.71. The van der Waals surface area contributed by atoms with Crippen LogP contribution < -0.4 is 10.6 Å². The molecular formula is C12H25FN4. The minimum absolute atomic E-state index is 0.186. The van der Waals surface area contributed by atoms with Gasteiger partial charge in [0.1, 0.15) is 0 Å². The van der Waals surface area contributed by atoms with Crippen LogP contribution in [0.15, 0.2) is 0 Å². The van der Waals surface area contributed by atoms with E-state index in [1.807, 2.05) is 0 Å². The first-order chi connectivity index (χ1) is 8.40. The molecule has 2 N–H and O–H groups in total. The molecule has 0 aromatic heterocycles. The minimum Gasteiger partial charge on any atom is -0.313 e. The molecule has 1 unspecified atom stereocenters. The van der Waals surface area contributed by atoms with E-state index in [0.29, 0.717) is 12.6 Å². The summed E-state index contributed by atoms with van der Waals surface area (Å²) in [4.78, 5) is 4.93. The van der Waals surface area contributed by atoms with Gasteiger partial charge >= 0.3 is 0 Å². The minimum atomic E-state index is -0.186. The maximum absolute atomic E-state index is 12.2. The first-order valence-corrected chi connectivity index (χ1v) is 6.86. The van der Waals surface area contributed by atoms with E-state index in [1.54, 1.807) is 0 Å². The number of piperazine rings is 1. The molecule has 100 valence electrons. The topological polar surface area (TPSA) is 30.5 Å². The van der Waals surface area contributed by atoms with Gasteiger partial charge in [-0.25, -0.2) is 0 Å². The molecule has 0 amide bonds. The summed E-state index contributed by atoms with van der Waals surface area (Å²) in [6, 6.07) is 0. The van der Waals surface area contributed by atoms with Crippen molar-refractivity contribution in [1.82, 2.24) is 20.4 Å². The summed E-state index contributed by atoms with van der Waals surface area (Å²) in [5, 5.41) is 6.99. The van der Waals surface area contributed by atoms with Crippen LogP contribution in [0.3, 0.4) is 0 Å². The Morgan fingerprint density at radius 2 is 2.06 bits per heavy atom. The zero-order chi connectivity index (χ0) is 11.9. The molecular weight excluding hydrogens is 219 g/mol. The molecule has 0 aromatic carbocycles. The highest BCUT2D eigenvalue weighted by molar-refractivity contribution is 4.79. The lowest BCUT2D eigenvalue weighted by Crippen LogP contribution is -2.57. The van der Waals surface area contributed by atoms with Crippen LogP contribution in [-0.2, 0) is 0 Å². The molecule has 2 aliphatic rings. The summed E-state index contributed by atoms with van der Waals surface area (Å²) in [5.74, 6) is 0. The Hall–Kier alpha value is -0.230. The summed E-state index contributed by atoms with van der Waals surface area (Å²) in [7, 11) is 0. The van der Waals surface area contributed by atoms with Crippen molar-refractivity contribution in [3.63, 3.8) is 0 Å². The summed E-state index contributed by atoms with van der Waals surface area (Å²) in [6.07, 6.45) is 2.37. The highest BCUT2D eigenvalue weighted by atomic mass is 19.1. The monoisotopic (exact) mass is 244 g/mol. The SMILES string of the molecule is FCCCN1CCCN(C2CNCCN2)CC1. The average Bonchev–Trinajstić information content (AvgIpc) is 2.63. The van der Waals surface area contributed by atoms with Crippen molar-refractivity contribution < 1.29 is 4.39 Å². The van der Waals surface area contributed by atoms with Crippen LogP contribution in [0.2, 0.25) is 0 Å². The Kier molecular flexibility index (Phi) is 5.64. The lowest BCUT2D eigenvalue weighted by molar-refractivity contribution is 0.150. The molecule has 0 aromatic rings. The summed E-state index contributed by atoms with van der Waals surface area (Å²) in [5.41, 5.74) is 0. The maximum atomic E-state index is 12.2. The third-order valence-corrected chi connectivity index (χ3v) is 3.69. The number of nitrogens with zero attached hydrogens (tertiary/aromatic N) is 2. The first kappa shape index (κ1) is 13.2. The smallest absolute Gasteiger partial charge is 0.0906 e. The fourth-order valence-corrected chi connectivity index (χ4v) is 2.71. The van der Waals surface area contributed by atoms with Crippen molar-refractivity contribution in [2.24, 2.45) is 0 Å². The molecule has 2 saturated heterocycles. The van der Waals surface area contributed by atoms with Gasteiger partial charge in [-0.3, -0.25) is 14.6 Å². The highest BCUT2D eigenvalue weighted by Gasteiger charge is 2.22. The number of alkyl halides is 1. The molecule has 2 aliphatic heterocycles. The van der Waals surface area contributed by atoms with Gasteiger partial charge in [-0.05, 0) is 19.4 Å². The summed E-state index contributed by atoms with van der Waals surface area (Å²) in [6.45, 7) is 8.38. The van der Waals surface area contributed by atoms with Gasteiger partial charge in [-0.1, -0.05) is 0 Å². The van der Waals surface area contributed by atoms with Gasteiger partial charge in [0, 0.05) is 45.8 Å². The zero-order valence-corrected chi connectivity index (χ0v) is 10.6. The van der Waals surface area contributed by atoms with Crippen molar-refractivity contribution in [3.8, 4) is 0 Å². The number of halogens is 1. The number of hydrogen-bond acceptors (Lipinski definition) is 4. The van der Waals surface area contributed by atoms with Gasteiger partial charge in [-0.2, -0.15) is 0 Å². The van der Waals surface area contributed by atoms with Crippen LogP contribution in [0.1, 0.15) is 12.8 Å². The van der Waals surface area contributed by atoms with E-state index in [4.69, 9.17) is 0 Å². The first-order valence-electron chi connectivity index (χ1n) is 6.86. The Balaban J connectivity index is 1.74. The van der Waals surface area contributed by atoms with Crippen LogP contribution in [-0.4, -0.2) is 75.0 Å². The van der Waals surface area contributed by atoms with E-state index in [2.05, 4.69) is 20.4 Å². The Bertz CT molecular complexity index is 209. The second-order valence-electron chi connectivity index (χ2n) is 4.95. The normalized spacial score (nSPS) is 29.1. The largest absolute Gasteiger partial charge is 0.313 e. The summed E-state index contributed by atoms with van der Waals surface area (Å²) < 4.78 is 12.2. The van der Waals surface area contributed by atoms with Crippen LogP contribution in [0.4, 0.5) is 4.39 Å². The average molecular weight is 244 g/mol. The number of nitrogens with one attached hydrogen (secondary N) is 2. The van der Waals surface area contributed by atoms with E-state index in [0.717, 1.165) is 52.4 Å². The molecule has 0 aliphatic carbocycles. The Labute approximate surface area is 104 Å². The van der Waals surface area contributed by atoms with Crippen LogP contribution in [0, 0.1) is 0 Å². The van der Waals surface area contributed by atoms with E-state index in [-0.39, 0.29) is 6.67 Å². The van der Waals surface area contributed by atoms with Crippen LogP contribution in [0.25, 0.3) is 0 Å². The molecule has 2 rings (SSSR count). The second-order valence-corrected chi connectivity index (χ2v) is 4.95. The molecule has 4 nitrogen and oxygen atoms in total. The van der Waals surface area contributed by atoms with Crippen molar-refractivity contribution in [2.75, 3.05) is 59.0 Å². The molecule has 0 saturated carbocycles. The molecule has 0 radical (unpaired) electrons. The van der Waals surface area contributed by atoms with Crippen LogP contribution >= 0.6 is 0 Å². The van der Waals surface area contributed by atoms with Gasteiger partial charge < -0.3 is 10.2 Å². The van der Waals surface area contributed by atoms with Gasteiger partial charge in [-0.15, -0.1) is 0 Å². The predicted molar refractivity (Wildman–Crippen MR) is 67.9 cm³/mol. The maximum Gasteiger partial charge on any atom is 0.0906 e. The second kappa shape index (κ2) is 7.26.